The van der Waals surface area contributed by atoms with Crippen molar-refractivity contribution < 1.29 is 19.2 Å². The first-order valence-electron chi connectivity index (χ1n) is 10.2. The van der Waals surface area contributed by atoms with E-state index in [4.69, 9.17) is 0 Å². The van der Waals surface area contributed by atoms with Gasteiger partial charge in [-0.25, -0.2) is 0 Å². The molecule has 0 aliphatic heterocycles. The molecule has 0 aliphatic rings. The Morgan fingerprint density at radius 3 is 1.88 bits per heavy atom. The third-order valence-corrected chi connectivity index (χ3v) is 4.58. The summed E-state index contributed by atoms with van der Waals surface area (Å²) in [4.78, 5) is 22.4. The fourth-order valence-electron chi connectivity index (χ4n) is 3.02. The van der Waals surface area contributed by atoms with Crippen LogP contribution in [0.25, 0.3) is 0 Å². The van der Waals surface area contributed by atoms with Crippen LogP contribution in [-0.2, 0) is 9.59 Å². The number of quaternary nitrogens is 1. The van der Waals surface area contributed by atoms with Gasteiger partial charge in [0.2, 0.25) is 5.91 Å². The standard InChI is InChI=1S/C20H40N2O3/c1-4-5-6-7-8-9-10-11-12-13-16-21-19(23)15-14-17-22(2,3)18-20(24)25/h4-18H2,1-3H3,(H-,21,23,24,25). The molecule has 0 radical (unpaired) electrons. The molecular formula is C20H40N2O3. The minimum absolute atomic E-state index is 0.0137. The molecule has 0 saturated heterocycles. The molecule has 0 aliphatic carbocycles. The summed E-state index contributed by atoms with van der Waals surface area (Å²) in [5.41, 5.74) is 0. The molecule has 5 heteroatoms. The average molecular weight is 357 g/mol. The van der Waals surface area contributed by atoms with Gasteiger partial charge in [0.15, 0.2) is 0 Å². The zero-order chi connectivity index (χ0) is 19.0. The second kappa shape index (κ2) is 15.2. The molecule has 0 heterocycles. The van der Waals surface area contributed by atoms with Crippen LogP contribution in [0.4, 0.5) is 0 Å². The number of aliphatic carboxylic acids is 1. The Hall–Kier alpha value is -1.10. The normalized spacial score (nSPS) is 11.5. The van der Waals surface area contributed by atoms with E-state index in [1.807, 2.05) is 14.1 Å². The lowest BCUT2D eigenvalue weighted by molar-refractivity contribution is -0.884. The van der Waals surface area contributed by atoms with Gasteiger partial charge in [0, 0.05) is 19.4 Å². The van der Waals surface area contributed by atoms with Crippen LogP contribution < -0.4 is 10.4 Å². The van der Waals surface area contributed by atoms with E-state index in [1.54, 1.807) is 0 Å². The van der Waals surface area contributed by atoms with Crippen LogP contribution in [0.5, 0.6) is 0 Å². The highest BCUT2D eigenvalue weighted by atomic mass is 16.4. The van der Waals surface area contributed by atoms with Crippen molar-refractivity contribution >= 4 is 11.9 Å². The van der Waals surface area contributed by atoms with E-state index in [1.165, 1.54) is 57.8 Å². The fraction of sp³-hybridized carbons (Fsp3) is 0.900. The first kappa shape index (κ1) is 23.9. The summed E-state index contributed by atoms with van der Waals surface area (Å²) in [5.74, 6) is -0.972. The van der Waals surface area contributed by atoms with Crippen molar-refractivity contribution in [2.24, 2.45) is 0 Å². The summed E-state index contributed by atoms with van der Waals surface area (Å²) in [6.07, 6.45) is 14.1. The number of carbonyl (C=O) groups is 2. The first-order chi connectivity index (χ1) is 11.9. The number of nitrogens with zero attached hydrogens (tertiary/aromatic N) is 1. The van der Waals surface area contributed by atoms with Gasteiger partial charge in [-0.1, -0.05) is 64.7 Å². The molecule has 1 amide bonds. The summed E-state index contributed by atoms with van der Waals surface area (Å²) in [7, 11) is 3.69. The molecular weight excluding hydrogens is 316 g/mol. The van der Waals surface area contributed by atoms with Crippen molar-refractivity contribution in [1.29, 1.82) is 0 Å². The highest BCUT2D eigenvalue weighted by molar-refractivity contribution is 5.75. The van der Waals surface area contributed by atoms with E-state index in [2.05, 4.69) is 12.2 Å². The summed E-state index contributed by atoms with van der Waals surface area (Å²) >= 11 is 0. The quantitative estimate of drug-likeness (QED) is 0.322. The largest absolute Gasteiger partial charge is 0.544 e. The number of carboxylic acids is 1. The second-order valence-electron chi connectivity index (χ2n) is 7.82. The van der Waals surface area contributed by atoms with Crippen LogP contribution in [0.3, 0.4) is 0 Å². The number of amides is 1. The van der Waals surface area contributed by atoms with Crippen molar-refractivity contribution in [3.8, 4) is 0 Å². The van der Waals surface area contributed by atoms with Crippen molar-refractivity contribution in [1.82, 2.24) is 5.32 Å². The minimum atomic E-state index is -1.05. The monoisotopic (exact) mass is 356 g/mol. The van der Waals surface area contributed by atoms with Crippen molar-refractivity contribution in [3.63, 3.8) is 0 Å². The molecule has 0 atom stereocenters. The molecule has 1 N–H and O–H groups in total. The molecule has 0 aromatic carbocycles. The third kappa shape index (κ3) is 17.5. The molecule has 0 saturated carbocycles. The second-order valence-corrected chi connectivity index (χ2v) is 7.82. The van der Waals surface area contributed by atoms with Gasteiger partial charge in [-0.15, -0.1) is 0 Å². The maximum Gasteiger partial charge on any atom is 0.220 e. The lowest BCUT2D eigenvalue weighted by Crippen LogP contribution is -2.48. The third-order valence-electron chi connectivity index (χ3n) is 4.58. The van der Waals surface area contributed by atoms with Crippen LogP contribution >= 0.6 is 0 Å². The van der Waals surface area contributed by atoms with Gasteiger partial charge in [-0.05, 0) is 6.42 Å². The van der Waals surface area contributed by atoms with E-state index >= 15 is 0 Å². The first-order valence-corrected chi connectivity index (χ1v) is 10.2. The van der Waals surface area contributed by atoms with Gasteiger partial charge in [-0.3, -0.25) is 4.79 Å². The Labute approximate surface area is 154 Å². The Bertz CT molecular complexity index is 357. The van der Waals surface area contributed by atoms with Crippen molar-refractivity contribution in [2.75, 3.05) is 33.7 Å². The van der Waals surface area contributed by atoms with Crippen LogP contribution in [0.1, 0.15) is 84.0 Å². The predicted molar refractivity (Wildman–Crippen MR) is 101 cm³/mol. The molecule has 0 unspecified atom stereocenters. The zero-order valence-electron chi connectivity index (χ0n) is 16.8. The number of unbranched alkanes of at least 4 members (excludes halogenated alkanes) is 9. The van der Waals surface area contributed by atoms with E-state index in [0.29, 0.717) is 23.9 Å². The minimum Gasteiger partial charge on any atom is -0.544 e. The Morgan fingerprint density at radius 1 is 0.840 bits per heavy atom. The number of nitrogens with one attached hydrogen (secondary N) is 1. The van der Waals surface area contributed by atoms with Gasteiger partial charge >= 0.3 is 0 Å². The summed E-state index contributed by atoms with van der Waals surface area (Å²) < 4.78 is 0.355. The number of carboxylic acid groups (broad SMARTS) is 1. The maximum atomic E-state index is 11.8. The van der Waals surface area contributed by atoms with Gasteiger partial charge in [0.25, 0.3) is 0 Å². The molecule has 0 aromatic heterocycles. The molecule has 0 bridgehead atoms. The molecule has 148 valence electrons. The van der Waals surface area contributed by atoms with Crippen LogP contribution in [0, 0.1) is 0 Å². The zero-order valence-corrected chi connectivity index (χ0v) is 16.8. The van der Waals surface area contributed by atoms with Crippen molar-refractivity contribution in [2.45, 2.75) is 84.0 Å². The maximum absolute atomic E-state index is 11.8. The van der Waals surface area contributed by atoms with E-state index in [0.717, 1.165) is 13.0 Å². The molecule has 25 heavy (non-hydrogen) atoms. The average Bonchev–Trinajstić information content (AvgIpc) is 2.51. The van der Waals surface area contributed by atoms with E-state index in [-0.39, 0.29) is 12.5 Å². The predicted octanol–water partition coefficient (Wildman–Crippen LogP) is 2.63. The Kier molecular flexibility index (Phi) is 14.5. The summed E-state index contributed by atoms with van der Waals surface area (Å²) in [5, 5.41) is 13.6. The number of likely N-dealkylation sites (N-methyl/N-ethyl adjacent to an activating group) is 1. The Balaban J connectivity index is 3.40. The summed E-state index contributed by atoms with van der Waals surface area (Å²) in [6.45, 7) is 3.66. The highest BCUT2D eigenvalue weighted by Crippen LogP contribution is 2.10. The van der Waals surface area contributed by atoms with E-state index in [9.17, 15) is 14.7 Å². The van der Waals surface area contributed by atoms with Crippen LogP contribution in [0.15, 0.2) is 0 Å². The van der Waals surface area contributed by atoms with Gasteiger partial charge in [0.05, 0.1) is 26.6 Å². The summed E-state index contributed by atoms with van der Waals surface area (Å²) in [6, 6.07) is 0. The number of hydrogen-bond acceptors (Lipinski definition) is 3. The highest BCUT2D eigenvalue weighted by Gasteiger charge is 2.15. The van der Waals surface area contributed by atoms with Gasteiger partial charge in [-0.2, -0.15) is 0 Å². The topological polar surface area (TPSA) is 69.2 Å². The molecule has 0 rings (SSSR count). The lowest BCUT2D eigenvalue weighted by Gasteiger charge is -2.29. The Morgan fingerprint density at radius 2 is 1.36 bits per heavy atom. The number of hydrogen-bond donors (Lipinski definition) is 1. The SMILES string of the molecule is CCCCCCCCCCCCNC(=O)CCC[N+](C)(C)CC(=O)[O-]. The molecule has 0 fully saturated rings. The molecule has 5 nitrogen and oxygen atoms in total. The van der Waals surface area contributed by atoms with Gasteiger partial charge in [0.1, 0.15) is 6.54 Å². The van der Waals surface area contributed by atoms with Crippen molar-refractivity contribution in [3.05, 3.63) is 0 Å². The number of rotatable bonds is 17. The van der Waals surface area contributed by atoms with Gasteiger partial charge < -0.3 is 19.7 Å². The van der Waals surface area contributed by atoms with E-state index < -0.39 is 5.97 Å². The van der Waals surface area contributed by atoms with Crippen LogP contribution in [-0.4, -0.2) is 50.1 Å². The number of carbonyl (C=O) groups excluding carboxylic acids is 2. The lowest BCUT2D eigenvalue weighted by atomic mass is 10.1. The smallest absolute Gasteiger partial charge is 0.220 e. The molecule has 0 spiro atoms. The van der Waals surface area contributed by atoms with Crippen LogP contribution in [0.2, 0.25) is 0 Å². The fourth-order valence-corrected chi connectivity index (χ4v) is 3.02. The molecule has 0 aromatic rings.